The number of halogens is 1. The van der Waals surface area contributed by atoms with E-state index in [1.807, 2.05) is 44.2 Å². The van der Waals surface area contributed by atoms with Crippen LogP contribution >= 0.6 is 0 Å². The predicted molar refractivity (Wildman–Crippen MR) is 170 cm³/mol. The van der Waals surface area contributed by atoms with E-state index in [4.69, 9.17) is 6.42 Å². The van der Waals surface area contributed by atoms with E-state index in [-0.39, 0.29) is 30.4 Å². The van der Waals surface area contributed by atoms with E-state index < -0.39 is 59.6 Å². The summed E-state index contributed by atoms with van der Waals surface area (Å²) in [5.41, 5.74) is 0.883. The van der Waals surface area contributed by atoms with E-state index in [1.165, 1.54) is 11.3 Å². The van der Waals surface area contributed by atoms with E-state index in [2.05, 4.69) is 16.6 Å². The van der Waals surface area contributed by atoms with Crippen LogP contribution in [-0.2, 0) is 26.8 Å². The Labute approximate surface area is 260 Å². The number of rotatable bonds is 19. The largest absolute Gasteiger partial charge is 0.390 e. The zero-order valence-corrected chi connectivity index (χ0v) is 26.9. The maximum Gasteiger partial charge on any atom is 0.243 e. The molecule has 1 aromatic rings. The average molecular weight is 622 g/mol. The van der Waals surface area contributed by atoms with E-state index in [0.717, 1.165) is 31.2 Å². The summed E-state index contributed by atoms with van der Waals surface area (Å²) in [6, 6.07) is 7.59. The van der Waals surface area contributed by atoms with Crippen LogP contribution in [0.2, 0.25) is 0 Å². The van der Waals surface area contributed by atoms with Crippen LogP contribution in [0.25, 0.3) is 0 Å². The molecule has 0 radical (unpaired) electrons. The van der Waals surface area contributed by atoms with Gasteiger partial charge in [0.15, 0.2) is 0 Å². The van der Waals surface area contributed by atoms with Gasteiger partial charge in [-0.3, -0.25) is 18.7 Å². The Morgan fingerprint density at radius 3 is 2.40 bits per heavy atom. The third-order valence-corrected chi connectivity index (χ3v) is 9.51. The molecule has 1 aliphatic carbocycles. The Balaban J connectivity index is 2.19. The summed E-state index contributed by atoms with van der Waals surface area (Å²) in [5, 5.41) is 27.5. The van der Waals surface area contributed by atoms with Crippen LogP contribution in [0.15, 0.2) is 30.3 Å². The molecule has 1 aromatic carbocycles. The zero-order valence-electron chi connectivity index (χ0n) is 26.1. The second-order valence-corrected chi connectivity index (χ2v) is 14.0. The van der Waals surface area contributed by atoms with E-state index in [1.54, 1.807) is 7.05 Å². The van der Waals surface area contributed by atoms with Crippen molar-refractivity contribution in [2.75, 3.05) is 31.9 Å². The summed E-state index contributed by atoms with van der Waals surface area (Å²) in [6.45, 7) is 3.56. The minimum atomic E-state index is -1.40. The number of carbonyl (C=O) groups excluding carboxylic acids is 2. The van der Waals surface area contributed by atoms with Gasteiger partial charge in [0.05, 0.1) is 18.1 Å². The minimum absolute atomic E-state index is 0.0512. The summed E-state index contributed by atoms with van der Waals surface area (Å²) in [7, 11) is 0.195. The lowest BCUT2D eigenvalue weighted by Gasteiger charge is -2.33. The first kappa shape index (κ1) is 36.9. The number of benzene rings is 1. The lowest BCUT2D eigenvalue weighted by Crippen LogP contribution is -2.56. The molecular formula is C33H52FN3O5S. The molecule has 6 atom stereocenters. The van der Waals surface area contributed by atoms with Crippen molar-refractivity contribution in [3.63, 3.8) is 0 Å². The number of aliphatic hydroxyl groups is 2. The highest BCUT2D eigenvalue weighted by atomic mass is 32.2. The van der Waals surface area contributed by atoms with Gasteiger partial charge in [-0.1, -0.05) is 76.3 Å². The van der Waals surface area contributed by atoms with Gasteiger partial charge in [-0.15, -0.1) is 12.3 Å². The first-order valence-corrected chi connectivity index (χ1v) is 17.1. The molecule has 2 rings (SSSR count). The third-order valence-electron chi connectivity index (χ3n) is 8.10. The molecule has 2 amide bonds. The van der Waals surface area contributed by atoms with Crippen molar-refractivity contribution in [3.05, 3.63) is 35.9 Å². The first-order chi connectivity index (χ1) is 20.5. The van der Waals surface area contributed by atoms with E-state index >= 15 is 0 Å². The van der Waals surface area contributed by atoms with Gasteiger partial charge >= 0.3 is 0 Å². The molecule has 0 aliphatic heterocycles. The lowest BCUT2D eigenvalue weighted by atomic mass is 9.82. The number of amides is 2. The monoisotopic (exact) mass is 621 g/mol. The molecule has 1 saturated carbocycles. The van der Waals surface area contributed by atoms with Crippen LogP contribution in [0.3, 0.4) is 0 Å². The Bertz CT molecular complexity index is 1030. The maximum absolute atomic E-state index is 13.6. The maximum atomic E-state index is 13.6. The standard InChI is InChI=1S/C33H52FN3O5S/c1-5-12-28(33(41)36-29(21-26-15-10-7-11-16-26)31(39)30(38)19-24(2)3)35-32(40)27(20-25-13-8-6-9-14-25)22-43(42)18-17-37(4)23-34/h1,6,8-9,13-14,24,26-31,38-39H,7,10-12,15-23H2,2-4H3,(H,35,40)(H,36,41)/t27?,28-,29?,30?,31?,43?/m0/s1. The van der Waals surface area contributed by atoms with Gasteiger partial charge in [0.1, 0.15) is 18.9 Å². The molecule has 43 heavy (non-hydrogen) atoms. The van der Waals surface area contributed by atoms with Crippen molar-refractivity contribution in [2.45, 2.75) is 95.9 Å². The smallest absolute Gasteiger partial charge is 0.243 e. The van der Waals surface area contributed by atoms with Gasteiger partial charge in [-0.2, -0.15) is 0 Å². The topological polar surface area (TPSA) is 119 Å². The molecule has 8 nitrogen and oxygen atoms in total. The molecule has 1 fully saturated rings. The van der Waals surface area contributed by atoms with Gasteiger partial charge in [0, 0.05) is 35.3 Å². The van der Waals surface area contributed by atoms with Gasteiger partial charge in [-0.25, -0.2) is 4.39 Å². The summed E-state index contributed by atoms with van der Waals surface area (Å²) in [6.07, 6.45) is 9.96. The fraction of sp³-hybridized carbons (Fsp3) is 0.697. The van der Waals surface area contributed by atoms with Crippen molar-refractivity contribution < 1.29 is 28.4 Å². The Hall–Kier alpha value is -2.32. The lowest BCUT2D eigenvalue weighted by molar-refractivity contribution is -0.132. The van der Waals surface area contributed by atoms with Crippen LogP contribution in [0.1, 0.15) is 70.8 Å². The second-order valence-electron chi connectivity index (χ2n) is 12.4. The number of nitrogens with one attached hydrogen (secondary N) is 2. The van der Waals surface area contributed by atoms with Crippen molar-refractivity contribution in [3.8, 4) is 12.3 Å². The van der Waals surface area contributed by atoms with Crippen molar-refractivity contribution >= 4 is 22.6 Å². The molecule has 1 aliphatic rings. The summed E-state index contributed by atoms with van der Waals surface area (Å²) < 4.78 is 25.7. The highest BCUT2D eigenvalue weighted by molar-refractivity contribution is 7.85. The number of aliphatic hydroxyl groups excluding tert-OH is 2. The molecular weight excluding hydrogens is 569 g/mol. The van der Waals surface area contributed by atoms with Crippen LogP contribution in [0.4, 0.5) is 4.39 Å². The molecule has 10 heteroatoms. The number of hydrogen-bond acceptors (Lipinski definition) is 6. The van der Waals surface area contributed by atoms with Gasteiger partial charge in [0.2, 0.25) is 11.8 Å². The van der Waals surface area contributed by atoms with Gasteiger partial charge in [0.25, 0.3) is 0 Å². The molecule has 5 unspecified atom stereocenters. The van der Waals surface area contributed by atoms with Gasteiger partial charge < -0.3 is 20.8 Å². The molecule has 0 bridgehead atoms. The number of carbonyl (C=O) groups is 2. The van der Waals surface area contributed by atoms with Crippen molar-refractivity contribution in [2.24, 2.45) is 17.8 Å². The van der Waals surface area contributed by atoms with E-state index in [9.17, 15) is 28.4 Å². The summed E-state index contributed by atoms with van der Waals surface area (Å²) in [4.78, 5) is 28.6. The van der Waals surface area contributed by atoms with Gasteiger partial charge in [-0.05, 0) is 43.7 Å². The first-order valence-electron chi connectivity index (χ1n) is 15.6. The predicted octanol–water partition coefficient (Wildman–Crippen LogP) is 3.18. The minimum Gasteiger partial charge on any atom is -0.390 e. The Morgan fingerprint density at radius 1 is 1.12 bits per heavy atom. The number of hydrogen-bond donors (Lipinski definition) is 4. The molecule has 0 spiro atoms. The molecule has 0 aromatic heterocycles. The van der Waals surface area contributed by atoms with Crippen molar-refractivity contribution in [1.82, 2.24) is 15.5 Å². The van der Waals surface area contributed by atoms with E-state index in [0.29, 0.717) is 25.2 Å². The second kappa shape index (κ2) is 19.9. The van der Waals surface area contributed by atoms with Crippen LogP contribution in [0, 0.1) is 30.1 Å². The Morgan fingerprint density at radius 2 is 1.79 bits per heavy atom. The van der Waals surface area contributed by atoms with Crippen LogP contribution in [0.5, 0.6) is 0 Å². The molecule has 242 valence electrons. The molecule has 4 N–H and O–H groups in total. The average Bonchev–Trinajstić information content (AvgIpc) is 2.99. The molecule has 0 heterocycles. The van der Waals surface area contributed by atoms with Crippen molar-refractivity contribution in [1.29, 1.82) is 0 Å². The highest BCUT2D eigenvalue weighted by Crippen LogP contribution is 2.29. The third kappa shape index (κ3) is 13.9. The quantitative estimate of drug-likeness (QED) is 0.139. The fourth-order valence-electron chi connectivity index (χ4n) is 5.61. The normalized spacial score (nSPS) is 18.3. The van der Waals surface area contributed by atoms with Crippen LogP contribution in [-0.4, -0.2) is 87.3 Å². The Kier molecular flexibility index (Phi) is 17.0. The number of nitrogens with zero attached hydrogens (tertiary/aromatic N) is 1. The SMILES string of the molecule is C#CC[C@H](NC(=O)C(Cc1ccccc1)CS(=O)CCN(C)CF)C(=O)NC(CC1CCCCC1)C(O)C(O)CC(C)C. The summed E-state index contributed by atoms with van der Waals surface area (Å²) in [5.74, 6) is 1.54. The number of terminal acetylenes is 1. The van der Waals surface area contributed by atoms with Crippen LogP contribution < -0.4 is 10.6 Å². The number of alkyl halides is 1. The highest BCUT2D eigenvalue weighted by Gasteiger charge is 2.34. The fourth-order valence-corrected chi connectivity index (χ4v) is 7.01. The zero-order chi connectivity index (χ0) is 31.8. The molecule has 0 saturated heterocycles. The summed E-state index contributed by atoms with van der Waals surface area (Å²) >= 11 is 0.